The second kappa shape index (κ2) is 31.1. The molecule has 19 nitrogen and oxygen atoms in total. The molecular formula is C85H49F3N4O15S7. The van der Waals surface area contributed by atoms with E-state index < -0.39 is 99.8 Å². The Hall–Kier alpha value is -12.2. The molecule has 1 aliphatic carbocycles. The number of carbonyl (C=O) groups is 9. The predicted molar refractivity (Wildman–Crippen MR) is 440 cm³/mol. The van der Waals surface area contributed by atoms with E-state index >= 15 is 0 Å². The van der Waals surface area contributed by atoms with Crippen LogP contribution in [0.2, 0.25) is 0 Å². The second-order valence-electron chi connectivity index (χ2n) is 26.2. The van der Waals surface area contributed by atoms with Crippen molar-refractivity contribution < 1.29 is 85.1 Å². The zero-order chi connectivity index (χ0) is 79.5. The Kier molecular flexibility index (Phi) is 20.7. The highest BCUT2D eigenvalue weighted by Gasteiger charge is 2.52. The highest BCUT2D eigenvalue weighted by Crippen LogP contribution is 2.57. The first-order chi connectivity index (χ1) is 54.9. The first-order valence-corrected chi connectivity index (χ1v) is 38.8. The summed E-state index contributed by atoms with van der Waals surface area (Å²) in [6, 6.07) is 52.4. The zero-order valence-electron chi connectivity index (χ0n) is 58.5. The van der Waals surface area contributed by atoms with Crippen LogP contribution in [0, 0.1) is 24.4 Å². The number of halogens is 3. The summed E-state index contributed by atoms with van der Waals surface area (Å²) < 4.78 is 74.4. The molecule has 0 bridgehead atoms. The average molecular weight is 1650 g/mol. The van der Waals surface area contributed by atoms with Crippen LogP contribution in [-0.4, -0.2) is 83.0 Å². The maximum atomic E-state index is 14.9. The van der Waals surface area contributed by atoms with Crippen LogP contribution >= 0.6 is 83.7 Å². The monoisotopic (exact) mass is 1650 g/mol. The summed E-state index contributed by atoms with van der Waals surface area (Å²) >= 11 is 20.6. The fourth-order valence-electron chi connectivity index (χ4n) is 13.5. The van der Waals surface area contributed by atoms with Crippen molar-refractivity contribution in [1.29, 1.82) is 0 Å². The van der Waals surface area contributed by atoms with Crippen molar-refractivity contribution in [1.82, 2.24) is 0 Å². The highest BCUT2D eigenvalue weighted by molar-refractivity contribution is 8.28. The Bertz CT molecular complexity index is 6130. The summed E-state index contributed by atoms with van der Waals surface area (Å²) in [7, 11) is 0. The number of hydrogen-bond donors (Lipinski definition) is 1. The van der Waals surface area contributed by atoms with E-state index in [9.17, 15) is 61.4 Å². The van der Waals surface area contributed by atoms with Gasteiger partial charge in [-0.05, 0) is 204 Å². The van der Waals surface area contributed by atoms with Gasteiger partial charge in [0.1, 0.15) is 29.7 Å². The van der Waals surface area contributed by atoms with Gasteiger partial charge in [-0.3, -0.25) is 38.7 Å². The van der Waals surface area contributed by atoms with Crippen LogP contribution in [0.15, 0.2) is 238 Å². The van der Waals surface area contributed by atoms with Gasteiger partial charge in [-0.25, -0.2) is 37.2 Å². The number of esters is 4. The summed E-state index contributed by atoms with van der Waals surface area (Å²) in [6.07, 6.45) is 5.80. The first-order valence-electron chi connectivity index (χ1n) is 34.3. The standard InChI is InChI=1S/C85H49F3N4O15S7/c1-44-10-2-11-45(28-44)32-67-74(94)90(82(108)112-67)59-24-8-16-50(38-59)78(98)105-64-40-53-42-85(102)43-103-71-61(70(85)62(53)41-65(64)106-79(99)51-17-9-25-60(39-51)92-76(96)69(114-84(92)110)35-48-14-5-21-56(88)31-48)26-27-63(104-77(97)49-15-7-23-58(37-49)91-75(95)68(113-83(91)109)34-47-13-4-20-55(87)30-47)72(71)107-80(100)52-18-6-22-57(36-52)89-73(93)66(111-81(89)101)33-46-12-3-19-54(86)29-46/h2-41,70,102H,42-43H2,1H3/b66-33-,67-32-,68-34-,69-35-/t70-,85+/m0/s1. The number of aliphatic hydroxyl groups is 1. The minimum atomic E-state index is -1.91. The number of aryl methyl sites for hydroxylation is 1. The number of fused-ring (bicyclic) bond motifs is 5. The van der Waals surface area contributed by atoms with E-state index in [-0.39, 0.29) is 107 Å². The Morgan fingerprint density at radius 2 is 0.798 bits per heavy atom. The van der Waals surface area contributed by atoms with Crippen molar-refractivity contribution in [2.45, 2.75) is 24.9 Å². The van der Waals surface area contributed by atoms with Crippen LogP contribution in [0.25, 0.3) is 24.3 Å². The maximum absolute atomic E-state index is 14.9. The molecule has 0 unspecified atom stereocenters. The molecule has 2 atom stereocenters. The Morgan fingerprint density at radius 1 is 0.430 bits per heavy atom. The molecule has 0 aromatic heterocycles. The van der Waals surface area contributed by atoms with Gasteiger partial charge in [0, 0.05) is 17.9 Å². The van der Waals surface area contributed by atoms with Gasteiger partial charge in [0.2, 0.25) is 5.75 Å². The molecule has 5 heterocycles. The summed E-state index contributed by atoms with van der Waals surface area (Å²) in [5.74, 6) is -11.4. The molecule has 0 radical (unpaired) electrons. The van der Waals surface area contributed by atoms with Crippen LogP contribution in [0.5, 0.6) is 28.7 Å². The van der Waals surface area contributed by atoms with Gasteiger partial charge in [0.25, 0.3) is 28.9 Å². The molecule has 16 rings (SSSR count). The number of imide groups is 1. The summed E-state index contributed by atoms with van der Waals surface area (Å²) in [6.45, 7) is 1.35. The Morgan fingerprint density at radius 3 is 1.23 bits per heavy atom. The zero-order valence-corrected chi connectivity index (χ0v) is 64.2. The Balaban J connectivity index is 0.758. The van der Waals surface area contributed by atoms with E-state index in [1.165, 1.54) is 203 Å². The van der Waals surface area contributed by atoms with Crippen molar-refractivity contribution in [3.8, 4) is 28.7 Å². The molecular weight excluding hydrogens is 1600 g/mol. The summed E-state index contributed by atoms with van der Waals surface area (Å²) in [5.41, 5.74) is 1.52. The van der Waals surface area contributed by atoms with Crippen LogP contribution in [0.3, 0.4) is 0 Å². The molecule has 5 aliphatic heterocycles. The second-order valence-corrected chi connectivity index (χ2v) is 32.2. The summed E-state index contributed by atoms with van der Waals surface area (Å²) in [4.78, 5) is 134. The maximum Gasteiger partial charge on any atom is 0.343 e. The molecule has 562 valence electrons. The van der Waals surface area contributed by atoms with Crippen molar-refractivity contribution in [2.24, 2.45) is 0 Å². The number of anilines is 4. The molecule has 114 heavy (non-hydrogen) atoms. The fraction of sp³-hybridized carbons (Fsp3) is 0.0588. The molecule has 6 aliphatic rings. The van der Waals surface area contributed by atoms with Crippen molar-refractivity contribution in [3.05, 3.63) is 322 Å². The number of nitrogens with zero attached hydrogens (tertiary/aromatic N) is 4. The minimum absolute atomic E-state index is 0.0411. The SMILES string of the molecule is Cc1cccc(/C=C2\SC(=S)N(c3cccc(C(=O)Oc4cc5c(cc4OC(=O)c4cccc(N6C(=O)/C(=C/c7cccc(F)c7)SC6=S)c4)[C@@H]4c6ccc(OC(=O)c7cccc(N8C(=O)/C(=C/c9cccc(F)c9)SC8=S)c7)c(OC(=O)c7cccc(N8C(=O)S/C(=C\c9cccc(F)c9)C8=O)c7)c6OC[C@]4(O)C5)c3)C2=O)c1. The normalized spacial score (nSPS) is 18.5. The molecule has 5 amide bonds. The van der Waals surface area contributed by atoms with Gasteiger partial charge >= 0.3 is 23.9 Å². The number of rotatable bonds is 16. The van der Waals surface area contributed by atoms with Gasteiger partial charge in [0.15, 0.2) is 36.0 Å². The third-order valence-corrected chi connectivity index (χ3v) is 23.3. The first kappa shape index (κ1) is 75.8. The average Bonchev–Trinajstić information content (AvgIpc) is 1.55. The molecule has 4 saturated heterocycles. The van der Waals surface area contributed by atoms with E-state index in [4.69, 9.17) is 60.3 Å². The van der Waals surface area contributed by atoms with Crippen LogP contribution in [-0.2, 0) is 25.6 Å². The van der Waals surface area contributed by atoms with Gasteiger partial charge < -0.3 is 28.8 Å². The number of benzene rings is 10. The van der Waals surface area contributed by atoms with Gasteiger partial charge in [-0.2, -0.15) is 0 Å². The number of hydrogen-bond acceptors (Lipinski definition) is 22. The van der Waals surface area contributed by atoms with E-state index in [2.05, 4.69) is 0 Å². The topological polar surface area (TPSA) is 233 Å². The lowest BCUT2D eigenvalue weighted by molar-refractivity contribution is -0.114. The number of thioether (sulfide) groups is 4. The lowest BCUT2D eigenvalue weighted by Crippen LogP contribution is -2.44. The van der Waals surface area contributed by atoms with Gasteiger partial charge in [-0.1, -0.05) is 168 Å². The summed E-state index contributed by atoms with van der Waals surface area (Å²) in [5, 5.41) is 12.3. The van der Waals surface area contributed by atoms with Gasteiger partial charge in [0.05, 0.1) is 64.6 Å². The molecule has 29 heteroatoms. The van der Waals surface area contributed by atoms with Crippen molar-refractivity contribution in [2.75, 3.05) is 26.2 Å². The number of amides is 5. The van der Waals surface area contributed by atoms with Crippen LogP contribution < -0.4 is 43.3 Å². The lowest BCUT2D eigenvalue weighted by atomic mass is 9.80. The van der Waals surface area contributed by atoms with Crippen LogP contribution in [0.4, 0.5) is 40.7 Å². The van der Waals surface area contributed by atoms with E-state index in [0.29, 0.717) is 38.9 Å². The minimum Gasteiger partial charge on any atom is -0.486 e. The lowest BCUT2D eigenvalue weighted by Gasteiger charge is -2.37. The molecule has 4 fully saturated rings. The fourth-order valence-corrected chi connectivity index (χ4v) is 18.2. The molecule has 1 N–H and O–H groups in total. The quantitative estimate of drug-likeness (QED) is 0.0410. The number of ether oxygens (including phenoxy) is 5. The third kappa shape index (κ3) is 15.1. The van der Waals surface area contributed by atoms with E-state index in [1.807, 2.05) is 31.2 Å². The largest absolute Gasteiger partial charge is 0.486 e. The van der Waals surface area contributed by atoms with Gasteiger partial charge in [-0.15, -0.1) is 0 Å². The number of thiocarbonyl (C=S) groups is 3. The third-order valence-electron chi connectivity index (χ3n) is 18.6. The molecule has 10 aromatic rings. The predicted octanol–water partition coefficient (Wildman–Crippen LogP) is 17.6. The molecule has 0 spiro atoms. The smallest absolute Gasteiger partial charge is 0.343 e. The number of carbonyl (C=O) groups excluding carboxylic acids is 9. The van der Waals surface area contributed by atoms with Crippen LogP contribution in [0.1, 0.15) is 91.9 Å². The van der Waals surface area contributed by atoms with Crippen molar-refractivity contribution in [3.63, 3.8) is 0 Å². The van der Waals surface area contributed by atoms with E-state index in [1.54, 1.807) is 30.3 Å². The highest BCUT2D eigenvalue weighted by atomic mass is 32.2. The molecule has 10 aromatic carbocycles. The molecule has 0 saturated carbocycles. The Labute approximate surface area is 678 Å². The van der Waals surface area contributed by atoms with E-state index in [0.717, 1.165) is 51.3 Å². The van der Waals surface area contributed by atoms with Crippen molar-refractivity contribution >= 4 is 196 Å².